The normalized spacial score (nSPS) is 12.4. The van der Waals surface area contributed by atoms with Crippen LogP contribution >= 0.6 is 7.92 Å². The molecule has 0 N–H and O–H groups in total. The minimum absolute atomic E-state index is 0.155. The summed E-state index contributed by atoms with van der Waals surface area (Å²) < 4.78 is 13.0. The molecule has 0 saturated carbocycles. The van der Waals surface area contributed by atoms with Crippen LogP contribution in [0.2, 0.25) is 0 Å². The molecule has 0 fully saturated rings. The summed E-state index contributed by atoms with van der Waals surface area (Å²) in [5, 5.41) is 2.58. The molecule has 0 aliphatic heterocycles. The van der Waals surface area contributed by atoms with Crippen molar-refractivity contribution in [2.45, 2.75) is 6.92 Å². The van der Waals surface area contributed by atoms with Crippen LogP contribution in [-0.2, 0) is 0 Å². The van der Waals surface area contributed by atoms with Gasteiger partial charge < -0.3 is 0 Å². The largest absolute Gasteiger partial charge is 0.207 e. The number of hydrogen-bond donors (Lipinski definition) is 0. The quantitative estimate of drug-likeness (QED) is 0.697. The summed E-state index contributed by atoms with van der Waals surface area (Å²) in [5.41, 5.74) is 1.04. The average Bonchev–Trinajstić information content (AvgIpc) is 2.29. The lowest BCUT2D eigenvalue weighted by Crippen LogP contribution is -2.13. The van der Waals surface area contributed by atoms with Crippen molar-refractivity contribution >= 4 is 18.5 Å². The molecule has 16 heavy (non-hydrogen) atoms. The number of hydrogen-bond acceptors (Lipinski definition) is 0. The summed E-state index contributed by atoms with van der Waals surface area (Å²) in [7, 11) is -0.371. The maximum absolute atomic E-state index is 13.0. The van der Waals surface area contributed by atoms with E-state index in [1.807, 2.05) is 31.2 Å². The SMILES string of the molecule is Cc1cc(F)ccc1P(C)c1ccccc1. The average molecular weight is 232 g/mol. The first kappa shape index (κ1) is 11.3. The molecule has 2 heteroatoms. The predicted molar refractivity (Wildman–Crippen MR) is 69.7 cm³/mol. The Morgan fingerprint density at radius 1 is 1.00 bits per heavy atom. The van der Waals surface area contributed by atoms with Crippen LogP contribution in [0.4, 0.5) is 4.39 Å². The molecule has 0 aliphatic carbocycles. The van der Waals surface area contributed by atoms with Crippen LogP contribution < -0.4 is 10.6 Å². The van der Waals surface area contributed by atoms with Crippen molar-refractivity contribution in [2.75, 3.05) is 6.66 Å². The molecule has 0 spiro atoms. The molecule has 0 amide bonds. The van der Waals surface area contributed by atoms with Crippen LogP contribution in [-0.4, -0.2) is 6.66 Å². The standard InChI is InChI=1S/C14H14FP/c1-11-10-12(15)8-9-14(11)16(2)13-6-4-3-5-7-13/h3-10H,1-2H3. The predicted octanol–water partition coefficient (Wildman–Crippen LogP) is 3.20. The minimum atomic E-state index is -0.371. The van der Waals surface area contributed by atoms with Crippen LogP contribution in [0, 0.1) is 12.7 Å². The van der Waals surface area contributed by atoms with Crippen molar-refractivity contribution in [1.29, 1.82) is 0 Å². The Kier molecular flexibility index (Phi) is 3.36. The second-order valence-electron chi connectivity index (χ2n) is 3.83. The van der Waals surface area contributed by atoms with Gasteiger partial charge in [-0.3, -0.25) is 0 Å². The Labute approximate surface area is 96.9 Å². The van der Waals surface area contributed by atoms with Gasteiger partial charge in [-0.1, -0.05) is 36.4 Å². The van der Waals surface area contributed by atoms with E-state index in [0.717, 1.165) is 5.56 Å². The summed E-state index contributed by atoms with van der Waals surface area (Å²) in [6.45, 7) is 4.19. The molecule has 0 heterocycles. The highest BCUT2D eigenvalue weighted by Crippen LogP contribution is 2.29. The van der Waals surface area contributed by atoms with E-state index in [1.165, 1.54) is 10.6 Å². The van der Waals surface area contributed by atoms with E-state index in [1.54, 1.807) is 12.1 Å². The Morgan fingerprint density at radius 2 is 1.69 bits per heavy atom. The molecule has 0 bridgehead atoms. The van der Waals surface area contributed by atoms with E-state index < -0.39 is 0 Å². The van der Waals surface area contributed by atoms with Gasteiger partial charge in [0.2, 0.25) is 0 Å². The smallest absolute Gasteiger partial charge is 0.123 e. The van der Waals surface area contributed by atoms with E-state index >= 15 is 0 Å². The molecule has 0 nitrogen and oxygen atoms in total. The van der Waals surface area contributed by atoms with Crippen LogP contribution in [0.3, 0.4) is 0 Å². The highest BCUT2D eigenvalue weighted by atomic mass is 31.1. The minimum Gasteiger partial charge on any atom is -0.207 e. The van der Waals surface area contributed by atoms with Gasteiger partial charge >= 0.3 is 0 Å². The summed E-state index contributed by atoms with van der Waals surface area (Å²) in [6.07, 6.45) is 0. The van der Waals surface area contributed by atoms with Gasteiger partial charge in [0.1, 0.15) is 5.82 Å². The van der Waals surface area contributed by atoms with Gasteiger partial charge in [-0.05, 0) is 49.8 Å². The second kappa shape index (κ2) is 4.76. The zero-order valence-electron chi connectivity index (χ0n) is 9.44. The van der Waals surface area contributed by atoms with Crippen molar-refractivity contribution in [2.24, 2.45) is 0 Å². The summed E-state index contributed by atoms with van der Waals surface area (Å²) in [5.74, 6) is -0.155. The second-order valence-corrected chi connectivity index (χ2v) is 5.94. The fourth-order valence-corrected chi connectivity index (χ4v) is 3.58. The van der Waals surface area contributed by atoms with Gasteiger partial charge in [-0.15, -0.1) is 0 Å². The van der Waals surface area contributed by atoms with Crippen LogP contribution in [0.25, 0.3) is 0 Å². The van der Waals surface area contributed by atoms with E-state index in [-0.39, 0.29) is 13.7 Å². The lowest BCUT2D eigenvalue weighted by atomic mass is 10.2. The number of halogens is 1. The zero-order valence-corrected chi connectivity index (χ0v) is 10.3. The first-order chi connectivity index (χ1) is 7.68. The van der Waals surface area contributed by atoms with Crippen molar-refractivity contribution in [3.63, 3.8) is 0 Å². The molecule has 0 radical (unpaired) electrons. The Balaban J connectivity index is 2.38. The molecule has 2 aromatic rings. The van der Waals surface area contributed by atoms with Gasteiger partial charge in [0.05, 0.1) is 0 Å². The van der Waals surface area contributed by atoms with Crippen LogP contribution in [0.5, 0.6) is 0 Å². The maximum atomic E-state index is 13.0. The molecule has 2 rings (SSSR count). The van der Waals surface area contributed by atoms with Gasteiger partial charge in [-0.2, -0.15) is 0 Å². The Bertz CT molecular complexity index is 479. The van der Waals surface area contributed by atoms with E-state index in [9.17, 15) is 4.39 Å². The molecule has 82 valence electrons. The highest BCUT2D eigenvalue weighted by molar-refractivity contribution is 7.72. The highest BCUT2D eigenvalue weighted by Gasteiger charge is 2.10. The van der Waals surface area contributed by atoms with Crippen molar-refractivity contribution < 1.29 is 4.39 Å². The van der Waals surface area contributed by atoms with Gasteiger partial charge in [0, 0.05) is 0 Å². The molecule has 2 aromatic carbocycles. The number of aryl methyl sites for hydroxylation is 1. The van der Waals surface area contributed by atoms with Gasteiger partial charge in [-0.25, -0.2) is 4.39 Å². The first-order valence-corrected chi connectivity index (χ1v) is 7.02. The molecule has 1 atom stereocenters. The van der Waals surface area contributed by atoms with E-state index in [0.29, 0.717) is 0 Å². The Morgan fingerprint density at radius 3 is 2.31 bits per heavy atom. The topological polar surface area (TPSA) is 0 Å². The third-order valence-corrected chi connectivity index (χ3v) is 4.96. The fourth-order valence-electron chi connectivity index (χ4n) is 1.79. The van der Waals surface area contributed by atoms with E-state index in [2.05, 4.69) is 18.8 Å². The van der Waals surface area contributed by atoms with Crippen molar-refractivity contribution in [3.8, 4) is 0 Å². The van der Waals surface area contributed by atoms with Gasteiger partial charge in [0.25, 0.3) is 0 Å². The molecule has 0 aliphatic rings. The Hall–Kier alpha value is -1.20. The number of rotatable bonds is 2. The molecule has 0 saturated heterocycles. The van der Waals surface area contributed by atoms with E-state index in [4.69, 9.17) is 0 Å². The van der Waals surface area contributed by atoms with Crippen LogP contribution in [0.1, 0.15) is 5.56 Å². The molecular weight excluding hydrogens is 218 g/mol. The van der Waals surface area contributed by atoms with Gasteiger partial charge in [0.15, 0.2) is 0 Å². The third kappa shape index (κ3) is 2.31. The summed E-state index contributed by atoms with van der Waals surface area (Å²) >= 11 is 0. The summed E-state index contributed by atoms with van der Waals surface area (Å²) in [4.78, 5) is 0. The lowest BCUT2D eigenvalue weighted by molar-refractivity contribution is 0.627. The zero-order chi connectivity index (χ0) is 11.5. The first-order valence-electron chi connectivity index (χ1n) is 5.23. The van der Waals surface area contributed by atoms with Crippen molar-refractivity contribution in [1.82, 2.24) is 0 Å². The summed E-state index contributed by atoms with van der Waals surface area (Å²) in [6, 6.07) is 15.4. The maximum Gasteiger partial charge on any atom is 0.123 e. The monoisotopic (exact) mass is 232 g/mol. The fraction of sp³-hybridized carbons (Fsp3) is 0.143. The third-order valence-electron chi connectivity index (χ3n) is 2.66. The molecular formula is C14H14FP. The van der Waals surface area contributed by atoms with Crippen molar-refractivity contribution in [3.05, 3.63) is 59.9 Å². The van der Waals surface area contributed by atoms with Crippen LogP contribution in [0.15, 0.2) is 48.5 Å². The lowest BCUT2D eigenvalue weighted by Gasteiger charge is -2.15. The molecule has 0 aromatic heterocycles. The number of benzene rings is 2. The molecule has 1 unspecified atom stereocenters.